The zero-order valence-corrected chi connectivity index (χ0v) is 18.3. The number of ketones is 1. The molecule has 0 radical (unpaired) electrons. The minimum absolute atomic E-state index is 0.0266. The van der Waals surface area contributed by atoms with Crippen LogP contribution >= 0.6 is 0 Å². The van der Waals surface area contributed by atoms with Crippen molar-refractivity contribution in [3.63, 3.8) is 0 Å². The van der Waals surface area contributed by atoms with E-state index in [0.29, 0.717) is 17.7 Å². The van der Waals surface area contributed by atoms with Crippen molar-refractivity contribution in [3.8, 4) is 0 Å². The van der Waals surface area contributed by atoms with Gasteiger partial charge < -0.3 is 14.5 Å². The smallest absolute Gasteiger partial charge is 0.296 e. The molecule has 2 aromatic heterocycles. The summed E-state index contributed by atoms with van der Waals surface area (Å²) in [6, 6.07) is 16.0. The van der Waals surface area contributed by atoms with E-state index in [9.17, 15) is 14.7 Å². The third-order valence-corrected chi connectivity index (χ3v) is 6.12. The molecule has 1 aliphatic rings. The van der Waals surface area contributed by atoms with E-state index >= 15 is 0 Å². The maximum Gasteiger partial charge on any atom is 0.296 e. The Morgan fingerprint density at radius 1 is 1.12 bits per heavy atom. The molecule has 0 aliphatic carbocycles. The van der Waals surface area contributed by atoms with Crippen LogP contribution in [-0.2, 0) is 16.0 Å². The van der Waals surface area contributed by atoms with Gasteiger partial charge in [0.2, 0.25) is 5.95 Å². The number of nitrogens with zero attached hydrogens (tertiary/aromatic N) is 2. The van der Waals surface area contributed by atoms with Gasteiger partial charge in [-0.1, -0.05) is 30.3 Å². The molecule has 5 rings (SSSR count). The average Bonchev–Trinajstić information content (AvgIpc) is 3.52. The number of carbonyl (C=O) groups excluding carboxylic acids is 2. The lowest BCUT2D eigenvalue weighted by Crippen LogP contribution is -2.31. The molecule has 166 valence electrons. The number of rotatable bonds is 6. The number of imidazole rings is 1. The number of anilines is 1. The van der Waals surface area contributed by atoms with Crippen LogP contribution in [0.15, 0.2) is 76.6 Å². The van der Waals surface area contributed by atoms with Crippen LogP contribution < -0.4 is 4.90 Å². The molecule has 1 unspecified atom stereocenters. The summed E-state index contributed by atoms with van der Waals surface area (Å²) < 4.78 is 5.59. The maximum absolute atomic E-state index is 13.2. The Morgan fingerprint density at radius 2 is 1.88 bits per heavy atom. The first-order valence-electron chi connectivity index (χ1n) is 10.8. The van der Waals surface area contributed by atoms with Crippen LogP contribution in [0.5, 0.6) is 0 Å². The predicted octanol–water partition coefficient (Wildman–Crippen LogP) is 4.87. The van der Waals surface area contributed by atoms with E-state index in [2.05, 4.69) is 9.97 Å². The number of aliphatic hydroxyl groups is 1. The summed E-state index contributed by atoms with van der Waals surface area (Å²) in [4.78, 5) is 35.5. The fraction of sp³-hybridized carbons (Fsp3) is 0.192. The minimum atomic E-state index is -0.904. The van der Waals surface area contributed by atoms with Crippen LogP contribution in [0.3, 0.4) is 0 Å². The number of fused-ring (bicyclic) bond motifs is 1. The second kappa shape index (κ2) is 8.09. The van der Waals surface area contributed by atoms with E-state index in [0.717, 1.165) is 22.2 Å². The number of aryl methyl sites for hydroxylation is 3. The largest absolute Gasteiger partial charge is 0.503 e. The molecule has 0 spiro atoms. The monoisotopic (exact) mass is 441 g/mol. The number of carbonyl (C=O) groups is 2. The summed E-state index contributed by atoms with van der Waals surface area (Å²) in [6.07, 6.45) is 2.13. The summed E-state index contributed by atoms with van der Waals surface area (Å²) in [7, 11) is 0. The molecule has 0 saturated carbocycles. The van der Waals surface area contributed by atoms with Crippen molar-refractivity contribution in [2.24, 2.45) is 0 Å². The van der Waals surface area contributed by atoms with Crippen LogP contribution in [-0.4, -0.2) is 26.8 Å². The lowest BCUT2D eigenvalue weighted by Gasteiger charge is -2.22. The van der Waals surface area contributed by atoms with Crippen molar-refractivity contribution in [3.05, 3.63) is 94.6 Å². The molecule has 1 aliphatic heterocycles. The van der Waals surface area contributed by atoms with Gasteiger partial charge in [0.25, 0.3) is 5.91 Å². The van der Waals surface area contributed by atoms with Crippen LogP contribution in [0.25, 0.3) is 11.0 Å². The van der Waals surface area contributed by atoms with Crippen molar-refractivity contribution >= 4 is 28.7 Å². The van der Waals surface area contributed by atoms with Gasteiger partial charge in [0.15, 0.2) is 11.5 Å². The first-order chi connectivity index (χ1) is 15.9. The van der Waals surface area contributed by atoms with E-state index in [4.69, 9.17) is 4.42 Å². The molecule has 0 saturated heterocycles. The van der Waals surface area contributed by atoms with Gasteiger partial charge in [-0.05, 0) is 61.2 Å². The van der Waals surface area contributed by atoms with Gasteiger partial charge in [-0.2, -0.15) is 0 Å². The van der Waals surface area contributed by atoms with E-state index in [1.807, 2.05) is 56.3 Å². The number of H-pyrrole nitrogens is 1. The Hall–Kier alpha value is -4.13. The number of furan rings is 1. The highest BCUT2D eigenvalue weighted by Gasteiger charge is 2.46. The van der Waals surface area contributed by atoms with Crippen LogP contribution in [0.2, 0.25) is 0 Å². The van der Waals surface area contributed by atoms with Crippen LogP contribution in [0, 0.1) is 13.8 Å². The zero-order valence-electron chi connectivity index (χ0n) is 18.3. The summed E-state index contributed by atoms with van der Waals surface area (Å²) >= 11 is 0. The van der Waals surface area contributed by atoms with Crippen molar-refractivity contribution < 1.29 is 19.1 Å². The van der Waals surface area contributed by atoms with Gasteiger partial charge in [0.05, 0.1) is 22.9 Å². The number of Topliss-reactive ketones (excluding diaryl/α,β-unsaturated/α-hetero) is 1. The van der Waals surface area contributed by atoms with Crippen molar-refractivity contribution in [2.75, 3.05) is 4.90 Å². The molecule has 3 heterocycles. The number of aliphatic hydroxyl groups excluding tert-OH is 1. The van der Waals surface area contributed by atoms with Gasteiger partial charge in [-0.3, -0.25) is 14.5 Å². The fourth-order valence-electron chi connectivity index (χ4n) is 4.23. The number of benzene rings is 2. The summed E-state index contributed by atoms with van der Waals surface area (Å²) in [5.74, 6) is -0.937. The maximum atomic E-state index is 13.2. The number of hydrogen-bond donors (Lipinski definition) is 2. The first-order valence-corrected chi connectivity index (χ1v) is 10.8. The molecule has 2 N–H and O–H groups in total. The zero-order chi connectivity index (χ0) is 23.1. The van der Waals surface area contributed by atoms with E-state index in [-0.39, 0.29) is 23.7 Å². The highest BCUT2D eigenvalue weighted by atomic mass is 16.3. The standard InChI is InChI=1S/C26H23N3O4/c1-15-13-18-19(14-16(15)2)28-26(27-18)29-23(21-9-6-12-33-21)22(24(31)25(29)32)20(30)11-10-17-7-4-3-5-8-17/h3-9,12-14,23,31H,10-11H2,1-2H3,(H,27,28). The number of nitrogens with one attached hydrogen (secondary N) is 1. The normalized spacial score (nSPS) is 16.2. The molecular weight excluding hydrogens is 418 g/mol. The molecule has 7 heteroatoms. The van der Waals surface area contributed by atoms with Gasteiger partial charge in [0, 0.05) is 6.42 Å². The van der Waals surface area contributed by atoms with Gasteiger partial charge in [-0.25, -0.2) is 4.98 Å². The Balaban J connectivity index is 1.53. The number of aromatic amines is 1. The van der Waals surface area contributed by atoms with Gasteiger partial charge >= 0.3 is 0 Å². The molecule has 33 heavy (non-hydrogen) atoms. The Morgan fingerprint density at radius 3 is 2.61 bits per heavy atom. The molecular formula is C26H23N3O4. The Kier molecular flexibility index (Phi) is 5.09. The van der Waals surface area contributed by atoms with E-state index in [1.54, 1.807) is 12.1 Å². The fourth-order valence-corrected chi connectivity index (χ4v) is 4.23. The van der Waals surface area contributed by atoms with Gasteiger partial charge in [0.1, 0.15) is 11.8 Å². The molecule has 0 fully saturated rings. The van der Waals surface area contributed by atoms with E-state index < -0.39 is 17.7 Å². The molecule has 7 nitrogen and oxygen atoms in total. The summed E-state index contributed by atoms with van der Waals surface area (Å²) in [5.41, 5.74) is 4.66. The Labute approximate surface area is 190 Å². The summed E-state index contributed by atoms with van der Waals surface area (Å²) in [6.45, 7) is 3.99. The topological polar surface area (TPSA) is 99.4 Å². The van der Waals surface area contributed by atoms with Crippen molar-refractivity contribution in [1.82, 2.24) is 9.97 Å². The molecule has 1 atom stereocenters. The van der Waals surface area contributed by atoms with Gasteiger partial charge in [-0.15, -0.1) is 0 Å². The lowest BCUT2D eigenvalue weighted by atomic mass is 9.96. The van der Waals surface area contributed by atoms with Crippen molar-refractivity contribution in [2.45, 2.75) is 32.7 Å². The van der Waals surface area contributed by atoms with Crippen LogP contribution in [0.4, 0.5) is 5.95 Å². The second-order valence-electron chi connectivity index (χ2n) is 8.28. The highest BCUT2D eigenvalue weighted by Crippen LogP contribution is 2.41. The molecule has 4 aromatic rings. The predicted molar refractivity (Wildman–Crippen MR) is 124 cm³/mol. The van der Waals surface area contributed by atoms with Crippen LogP contribution in [0.1, 0.15) is 34.9 Å². The molecule has 0 bridgehead atoms. The highest BCUT2D eigenvalue weighted by molar-refractivity contribution is 6.16. The average molecular weight is 441 g/mol. The second-order valence-corrected chi connectivity index (χ2v) is 8.28. The summed E-state index contributed by atoms with van der Waals surface area (Å²) in [5, 5.41) is 10.8. The lowest BCUT2D eigenvalue weighted by molar-refractivity contribution is -0.118. The first kappa shape index (κ1) is 20.8. The minimum Gasteiger partial charge on any atom is -0.503 e. The SMILES string of the molecule is Cc1cc2nc(N3C(=O)C(O)=C(C(=O)CCc4ccccc4)C3c3ccco3)[nH]c2cc1C. The number of amides is 1. The third-order valence-electron chi connectivity index (χ3n) is 6.12. The Bertz CT molecular complexity index is 1340. The number of hydrogen-bond acceptors (Lipinski definition) is 5. The van der Waals surface area contributed by atoms with Crippen molar-refractivity contribution in [1.29, 1.82) is 0 Å². The molecule has 1 amide bonds. The third kappa shape index (κ3) is 3.61. The quantitative estimate of drug-likeness (QED) is 0.444. The molecule has 2 aromatic carbocycles. The van der Waals surface area contributed by atoms with E-state index in [1.165, 1.54) is 11.2 Å². The number of aromatic nitrogens is 2.